The van der Waals surface area contributed by atoms with Crippen molar-refractivity contribution in [3.8, 4) is 0 Å². The fourth-order valence-corrected chi connectivity index (χ4v) is 3.48. The van der Waals surface area contributed by atoms with Gasteiger partial charge in [0.1, 0.15) is 0 Å². The molecule has 25 heavy (non-hydrogen) atoms. The van der Waals surface area contributed by atoms with E-state index in [4.69, 9.17) is 0 Å². The van der Waals surface area contributed by atoms with Gasteiger partial charge in [0.25, 0.3) is 0 Å². The van der Waals surface area contributed by atoms with Crippen molar-refractivity contribution >= 4 is 17.5 Å². The summed E-state index contributed by atoms with van der Waals surface area (Å²) in [6.07, 6.45) is 4.82. The third kappa shape index (κ3) is 5.56. The lowest BCUT2D eigenvalue weighted by Gasteiger charge is -2.31. The molecule has 0 aliphatic heterocycles. The molecule has 2 amide bonds. The highest BCUT2D eigenvalue weighted by molar-refractivity contribution is 5.96. The monoisotopic (exact) mass is 345 g/mol. The van der Waals surface area contributed by atoms with E-state index in [2.05, 4.69) is 22.9 Å². The van der Waals surface area contributed by atoms with Crippen LogP contribution in [0.2, 0.25) is 0 Å². The maximum atomic E-state index is 12.3. The highest BCUT2D eigenvalue weighted by atomic mass is 16.2. The van der Waals surface area contributed by atoms with Crippen LogP contribution in [0.1, 0.15) is 50.7 Å². The minimum absolute atomic E-state index is 0.0150. The molecule has 138 valence electrons. The molecule has 0 saturated heterocycles. The van der Waals surface area contributed by atoms with Crippen LogP contribution >= 0.6 is 0 Å². The van der Waals surface area contributed by atoms with Crippen molar-refractivity contribution in [1.29, 1.82) is 0 Å². The first-order valence-electron chi connectivity index (χ1n) is 9.28. The average molecular weight is 345 g/mol. The van der Waals surface area contributed by atoms with Gasteiger partial charge in [-0.05, 0) is 50.7 Å². The minimum Gasteiger partial charge on any atom is -0.346 e. The Bertz CT molecular complexity index is 595. The number of aryl methyl sites for hydroxylation is 2. The van der Waals surface area contributed by atoms with E-state index in [1.807, 2.05) is 39.0 Å². The second-order valence-electron chi connectivity index (χ2n) is 7.29. The molecule has 0 heterocycles. The summed E-state index contributed by atoms with van der Waals surface area (Å²) in [7, 11) is 0. The van der Waals surface area contributed by atoms with Gasteiger partial charge in [0.05, 0.1) is 12.6 Å². The molecule has 1 fully saturated rings. The Hall–Kier alpha value is -1.88. The molecule has 3 atom stereocenters. The summed E-state index contributed by atoms with van der Waals surface area (Å²) in [5.74, 6) is 0.259. The van der Waals surface area contributed by atoms with Crippen LogP contribution in [0.15, 0.2) is 18.2 Å². The van der Waals surface area contributed by atoms with Crippen molar-refractivity contribution < 1.29 is 9.59 Å². The average Bonchev–Trinajstić information content (AvgIpc) is 2.58. The van der Waals surface area contributed by atoms with Crippen LogP contribution in [0.25, 0.3) is 0 Å². The Balaban J connectivity index is 1.79. The van der Waals surface area contributed by atoms with Crippen molar-refractivity contribution in [3.63, 3.8) is 0 Å². The third-order valence-electron chi connectivity index (χ3n) is 5.14. The van der Waals surface area contributed by atoms with Crippen LogP contribution in [0.4, 0.5) is 5.69 Å². The van der Waals surface area contributed by atoms with Crippen molar-refractivity contribution in [3.05, 3.63) is 29.3 Å². The van der Waals surface area contributed by atoms with Crippen LogP contribution in [0.3, 0.4) is 0 Å². The zero-order valence-corrected chi connectivity index (χ0v) is 15.8. The second-order valence-corrected chi connectivity index (χ2v) is 7.29. The number of carbonyl (C=O) groups excluding carboxylic acids is 2. The third-order valence-corrected chi connectivity index (χ3v) is 5.14. The number of benzene rings is 1. The van der Waals surface area contributed by atoms with Crippen LogP contribution in [0, 0.1) is 19.8 Å². The number of hydrogen-bond acceptors (Lipinski definition) is 3. The van der Waals surface area contributed by atoms with E-state index >= 15 is 0 Å². The van der Waals surface area contributed by atoms with Gasteiger partial charge in [-0.15, -0.1) is 0 Å². The smallest absolute Gasteiger partial charge is 0.243 e. The quantitative estimate of drug-likeness (QED) is 0.742. The summed E-state index contributed by atoms with van der Waals surface area (Å²) in [5, 5.41) is 9.04. The van der Waals surface area contributed by atoms with E-state index < -0.39 is 0 Å². The Kier molecular flexibility index (Phi) is 7.00. The van der Waals surface area contributed by atoms with Crippen LogP contribution < -0.4 is 16.0 Å². The van der Waals surface area contributed by atoms with Gasteiger partial charge in [-0.2, -0.15) is 0 Å². The fourth-order valence-electron chi connectivity index (χ4n) is 3.48. The molecule has 0 radical (unpaired) electrons. The molecule has 3 N–H and O–H groups in total. The van der Waals surface area contributed by atoms with Crippen molar-refractivity contribution in [2.75, 3.05) is 11.9 Å². The summed E-state index contributed by atoms with van der Waals surface area (Å²) in [6, 6.07) is 5.97. The molecule has 1 aliphatic rings. The van der Waals surface area contributed by atoms with Gasteiger partial charge in [-0.25, -0.2) is 0 Å². The summed E-state index contributed by atoms with van der Waals surface area (Å²) in [4.78, 5) is 24.4. The zero-order valence-electron chi connectivity index (χ0n) is 15.8. The largest absolute Gasteiger partial charge is 0.346 e. The number of hydrogen-bond donors (Lipinski definition) is 3. The summed E-state index contributed by atoms with van der Waals surface area (Å²) in [5.41, 5.74) is 2.85. The Labute approximate surface area is 151 Å². The minimum atomic E-state index is -0.293. The van der Waals surface area contributed by atoms with E-state index in [0.29, 0.717) is 12.0 Å². The molecule has 5 nitrogen and oxygen atoms in total. The molecular formula is C20H31N3O2. The van der Waals surface area contributed by atoms with Crippen molar-refractivity contribution in [1.82, 2.24) is 10.6 Å². The molecule has 0 bridgehead atoms. The number of rotatable bonds is 6. The van der Waals surface area contributed by atoms with E-state index in [1.54, 1.807) is 0 Å². The number of carbonyl (C=O) groups is 2. The number of amides is 2. The summed E-state index contributed by atoms with van der Waals surface area (Å²) >= 11 is 0. The van der Waals surface area contributed by atoms with Gasteiger partial charge in [0.15, 0.2) is 0 Å². The topological polar surface area (TPSA) is 70.2 Å². The lowest BCUT2D eigenvalue weighted by molar-refractivity contribution is -0.125. The first-order valence-corrected chi connectivity index (χ1v) is 9.28. The Morgan fingerprint density at radius 1 is 1.16 bits per heavy atom. The Morgan fingerprint density at radius 3 is 2.44 bits per heavy atom. The highest BCUT2D eigenvalue weighted by Gasteiger charge is 2.25. The van der Waals surface area contributed by atoms with Gasteiger partial charge < -0.3 is 16.0 Å². The fraction of sp³-hybridized carbons (Fsp3) is 0.600. The molecule has 1 saturated carbocycles. The van der Waals surface area contributed by atoms with Gasteiger partial charge in [0, 0.05) is 11.7 Å². The molecule has 0 aromatic heterocycles. The molecule has 1 aliphatic carbocycles. The maximum absolute atomic E-state index is 12.3. The van der Waals surface area contributed by atoms with Gasteiger partial charge in [-0.1, -0.05) is 38.0 Å². The van der Waals surface area contributed by atoms with Gasteiger partial charge >= 0.3 is 0 Å². The standard InChI is InChI=1S/C20H31N3O2/c1-13-8-5-6-11-17(13)22-16(4)20(25)21-12-18(24)23-19-14(2)9-7-10-15(19)3/h7,9-10,13,16-17,22H,5-6,8,11-12H2,1-4H3,(H,21,25)(H,23,24)/t13-,16+,17+/m0/s1. The van der Waals surface area contributed by atoms with Crippen molar-refractivity contribution in [2.24, 2.45) is 5.92 Å². The van der Waals surface area contributed by atoms with Gasteiger partial charge in [0.2, 0.25) is 11.8 Å². The lowest BCUT2D eigenvalue weighted by atomic mass is 9.85. The number of nitrogens with one attached hydrogen (secondary N) is 3. The highest BCUT2D eigenvalue weighted by Crippen LogP contribution is 2.24. The van der Waals surface area contributed by atoms with Crippen LogP contribution in [-0.2, 0) is 9.59 Å². The molecule has 0 unspecified atom stereocenters. The normalized spacial score (nSPS) is 21.4. The molecular weight excluding hydrogens is 314 g/mol. The van der Waals surface area contributed by atoms with E-state index in [-0.39, 0.29) is 24.4 Å². The second kappa shape index (κ2) is 8.99. The maximum Gasteiger partial charge on any atom is 0.243 e. The van der Waals surface area contributed by atoms with Crippen molar-refractivity contribution in [2.45, 2.75) is 65.5 Å². The SMILES string of the molecule is Cc1cccc(C)c1NC(=O)CNC(=O)[C@@H](C)N[C@@H]1CCCC[C@@H]1C. The molecule has 1 aromatic rings. The predicted molar refractivity (Wildman–Crippen MR) is 102 cm³/mol. The predicted octanol–water partition coefficient (Wildman–Crippen LogP) is 2.91. The Morgan fingerprint density at radius 2 is 1.80 bits per heavy atom. The van der Waals surface area contributed by atoms with E-state index in [0.717, 1.165) is 23.2 Å². The summed E-state index contributed by atoms with van der Waals surface area (Å²) < 4.78 is 0. The molecule has 0 spiro atoms. The van der Waals surface area contributed by atoms with Crippen LogP contribution in [-0.4, -0.2) is 30.4 Å². The van der Waals surface area contributed by atoms with Gasteiger partial charge in [-0.3, -0.25) is 9.59 Å². The number of para-hydroxylation sites is 1. The molecule has 1 aromatic carbocycles. The lowest BCUT2D eigenvalue weighted by Crippen LogP contribution is -2.50. The molecule has 5 heteroatoms. The summed E-state index contributed by atoms with van der Waals surface area (Å²) in [6.45, 7) is 8.00. The zero-order chi connectivity index (χ0) is 18.4. The van der Waals surface area contributed by atoms with E-state index in [1.165, 1.54) is 19.3 Å². The first-order chi connectivity index (χ1) is 11.9. The van der Waals surface area contributed by atoms with Crippen LogP contribution in [0.5, 0.6) is 0 Å². The van der Waals surface area contributed by atoms with E-state index in [9.17, 15) is 9.59 Å². The number of anilines is 1. The molecule has 2 rings (SSSR count). The first kappa shape index (κ1) is 19.4.